The van der Waals surface area contributed by atoms with Crippen molar-refractivity contribution in [1.82, 2.24) is 9.97 Å². The van der Waals surface area contributed by atoms with Crippen molar-refractivity contribution < 1.29 is 4.79 Å². The van der Waals surface area contributed by atoms with Crippen LogP contribution >= 0.6 is 15.9 Å². The lowest BCUT2D eigenvalue weighted by Gasteiger charge is -1.87. The molecule has 0 aliphatic carbocycles. The van der Waals surface area contributed by atoms with Crippen LogP contribution in [0.4, 0.5) is 0 Å². The number of imidazole rings is 1. The van der Waals surface area contributed by atoms with E-state index >= 15 is 0 Å². The maximum Gasteiger partial charge on any atom is 0.225 e. The third-order valence-corrected chi connectivity index (χ3v) is 1.99. The molecule has 0 bridgehead atoms. The molecule has 3 N–H and O–H groups in total. The number of hydrogen-bond donors (Lipinski definition) is 2. The number of nitrogens with two attached hydrogens (primary N) is 1. The van der Waals surface area contributed by atoms with Gasteiger partial charge >= 0.3 is 0 Å². The van der Waals surface area contributed by atoms with Crippen LogP contribution < -0.4 is 5.73 Å². The number of hydrogen-bond acceptors (Lipinski definition) is 2. The van der Waals surface area contributed by atoms with Gasteiger partial charge in [-0.05, 0) is 22.9 Å². The second-order valence-corrected chi connectivity index (χ2v) is 2.99. The summed E-state index contributed by atoms with van der Waals surface area (Å²) < 4.78 is 0.730. The summed E-state index contributed by atoms with van der Waals surface area (Å²) in [6.07, 6.45) is 0.159. The molecule has 60 valence electrons. The monoisotopic (exact) mass is 217 g/mol. The molecule has 0 aliphatic rings. The number of rotatable bonds is 2. The molecule has 0 aliphatic heterocycles. The first-order chi connectivity index (χ1) is 5.09. The van der Waals surface area contributed by atoms with Gasteiger partial charge in [0, 0.05) is 5.69 Å². The number of nitrogens with zero attached hydrogens (tertiary/aromatic N) is 1. The number of nitrogens with one attached hydrogen (secondary N) is 1. The largest absolute Gasteiger partial charge is 0.369 e. The minimum Gasteiger partial charge on any atom is -0.369 e. The van der Waals surface area contributed by atoms with E-state index in [1.165, 1.54) is 0 Å². The zero-order chi connectivity index (χ0) is 8.43. The number of carbonyl (C=O) groups excluding carboxylic acids is 1. The Hall–Kier alpha value is -0.840. The van der Waals surface area contributed by atoms with Gasteiger partial charge in [-0.1, -0.05) is 0 Å². The molecule has 0 saturated carbocycles. The fourth-order valence-corrected chi connectivity index (χ4v) is 1.06. The van der Waals surface area contributed by atoms with Crippen LogP contribution in [-0.2, 0) is 11.2 Å². The molecule has 1 aromatic heterocycles. The van der Waals surface area contributed by atoms with Gasteiger partial charge in [0.05, 0.1) is 6.42 Å². The third kappa shape index (κ3) is 2.04. The quantitative estimate of drug-likeness (QED) is 0.758. The van der Waals surface area contributed by atoms with E-state index in [0.29, 0.717) is 5.82 Å². The van der Waals surface area contributed by atoms with Crippen LogP contribution in [0.25, 0.3) is 0 Å². The molecule has 0 atom stereocenters. The number of aryl methyl sites for hydroxylation is 1. The fraction of sp³-hybridized carbons (Fsp3) is 0.333. The van der Waals surface area contributed by atoms with Crippen molar-refractivity contribution in [2.24, 2.45) is 5.73 Å². The number of primary amides is 1. The molecule has 1 amide bonds. The van der Waals surface area contributed by atoms with Crippen LogP contribution in [0.2, 0.25) is 0 Å². The van der Waals surface area contributed by atoms with Crippen LogP contribution in [0.15, 0.2) is 4.60 Å². The second-order valence-electron chi connectivity index (χ2n) is 2.24. The summed E-state index contributed by atoms with van der Waals surface area (Å²) in [6.45, 7) is 1.86. The predicted molar refractivity (Wildman–Crippen MR) is 43.9 cm³/mol. The highest BCUT2D eigenvalue weighted by Crippen LogP contribution is 2.11. The normalized spacial score (nSPS) is 10.0. The molecule has 0 fully saturated rings. The van der Waals surface area contributed by atoms with Gasteiger partial charge < -0.3 is 10.7 Å². The van der Waals surface area contributed by atoms with Gasteiger partial charge in [0.15, 0.2) is 0 Å². The minimum absolute atomic E-state index is 0.159. The first-order valence-corrected chi connectivity index (χ1v) is 3.88. The molecule has 4 nitrogen and oxygen atoms in total. The molecule has 11 heavy (non-hydrogen) atoms. The lowest BCUT2D eigenvalue weighted by molar-refractivity contribution is -0.117. The Morgan fingerprint density at radius 2 is 2.45 bits per heavy atom. The molecular weight excluding hydrogens is 210 g/mol. The van der Waals surface area contributed by atoms with Crippen LogP contribution in [0.5, 0.6) is 0 Å². The number of aromatic amines is 1. The van der Waals surface area contributed by atoms with Gasteiger partial charge in [0.25, 0.3) is 0 Å². The van der Waals surface area contributed by atoms with Gasteiger partial charge in [0.2, 0.25) is 5.91 Å². The summed E-state index contributed by atoms with van der Waals surface area (Å²) in [7, 11) is 0. The average Bonchev–Trinajstić information content (AvgIpc) is 2.10. The fourth-order valence-electron chi connectivity index (χ4n) is 0.747. The average molecular weight is 218 g/mol. The summed E-state index contributed by atoms with van der Waals surface area (Å²) >= 11 is 3.21. The van der Waals surface area contributed by atoms with Crippen molar-refractivity contribution in [1.29, 1.82) is 0 Å². The highest BCUT2D eigenvalue weighted by atomic mass is 79.9. The molecule has 1 rings (SSSR count). The zero-order valence-corrected chi connectivity index (χ0v) is 7.60. The van der Waals surface area contributed by atoms with Crippen LogP contribution in [0.1, 0.15) is 11.5 Å². The number of H-pyrrole nitrogens is 1. The highest BCUT2D eigenvalue weighted by Gasteiger charge is 2.05. The Morgan fingerprint density at radius 3 is 2.82 bits per heavy atom. The Morgan fingerprint density at radius 1 is 1.82 bits per heavy atom. The van der Waals surface area contributed by atoms with Crippen LogP contribution in [-0.4, -0.2) is 15.9 Å². The van der Waals surface area contributed by atoms with Crippen LogP contribution in [0.3, 0.4) is 0 Å². The molecule has 0 spiro atoms. The maximum atomic E-state index is 10.4. The minimum atomic E-state index is -0.383. The summed E-state index contributed by atoms with van der Waals surface area (Å²) in [4.78, 5) is 17.4. The van der Waals surface area contributed by atoms with Gasteiger partial charge in [-0.3, -0.25) is 4.79 Å². The van der Waals surface area contributed by atoms with Crippen molar-refractivity contribution in [2.75, 3.05) is 0 Å². The Labute approximate surface area is 72.3 Å². The maximum absolute atomic E-state index is 10.4. The molecule has 0 aromatic carbocycles. The first-order valence-electron chi connectivity index (χ1n) is 3.09. The summed E-state index contributed by atoms with van der Waals surface area (Å²) in [5.41, 5.74) is 5.87. The smallest absolute Gasteiger partial charge is 0.225 e. The van der Waals surface area contributed by atoms with E-state index < -0.39 is 0 Å². The van der Waals surface area contributed by atoms with E-state index in [9.17, 15) is 4.79 Å². The number of carbonyl (C=O) groups is 1. The second kappa shape index (κ2) is 3.04. The van der Waals surface area contributed by atoms with E-state index in [1.54, 1.807) is 0 Å². The standard InChI is InChI=1S/C6H8BrN3O/c1-3-6(7)10-5(9-3)2-4(8)11/h2H2,1H3,(H2,8,11)(H,9,10). The predicted octanol–water partition coefficient (Wildman–Crippen LogP) is 0.508. The molecule has 0 unspecified atom stereocenters. The summed E-state index contributed by atoms with van der Waals surface area (Å²) in [6, 6.07) is 0. The van der Waals surface area contributed by atoms with Crippen LogP contribution in [0, 0.1) is 6.92 Å². The topological polar surface area (TPSA) is 71.8 Å². The lowest BCUT2D eigenvalue weighted by Crippen LogP contribution is -2.14. The van der Waals surface area contributed by atoms with E-state index in [4.69, 9.17) is 5.73 Å². The van der Waals surface area contributed by atoms with E-state index in [1.807, 2.05) is 6.92 Å². The molecule has 1 aromatic rings. The van der Waals surface area contributed by atoms with Gasteiger partial charge in [-0.2, -0.15) is 0 Å². The third-order valence-electron chi connectivity index (χ3n) is 1.22. The van der Waals surface area contributed by atoms with Crippen molar-refractivity contribution in [2.45, 2.75) is 13.3 Å². The van der Waals surface area contributed by atoms with Crippen molar-refractivity contribution in [3.05, 3.63) is 16.1 Å². The molecule has 1 heterocycles. The Balaban J connectivity index is 2.81. The molecule has 0 saturated heterocycles. The van der Waals surface area contributed by atoms with Crippen molar-refractivity contribution in [3.8, 4) is 0 Å². The van der Waals surface area contributed by atoms with Gasteiger partial charge in [-0.25, -0.2) is 4.98 Å². The van der Waals surface area contributed by atoms with E-state index in [2.05, 4.69) is 25.9 Å². The number of halogens is 1. The highest BCUT2D eigenvalue weighted by molar-refractivity contribution is 9.10. The molecule has 5 heteroatoms. The SMILES string of the molecule is Cc1[nH]c(CC(N)=O)nc1Br. The zero-order valence-electron chi connectivity index (χ0n) is 6.02. The van der Waals surface area contributed by atoms with Gasteiger partial charge in [0.1, 0.15) is 10.4 Å². The summed E-state index contributed by atoms with van der Waals surface area (Å²) in [5, 5.41) is 0. The molecular formula is C6H8BrN3O. The van der Waals surface area contributed by atoms with E-state index in [-0.39, 0.29) is 12.3 Å². The summed E-state index contributed by atoms with van der Waals surface area (Å²) in [5.74, 6) is 0.216. The first kappa shape index (κ1) is 8.26. The Bertz CT molecular complexity index is 262. The lowest BCUT2D eigenvalue weighted by atomic mass is 10.4. The Kier molecular flexibility index (Phi) is 2.28. The number of amides is 1. The van der Waals surface area contributed by atoms with Gasteiger partial charge in [-0.15, -0.1) is 0 Å². The number of aromatic nitrogens is 2. The van der Waals surface area contributed by atoms with Crippen molar-refractivity contribution in [3.63, 3.8) is 0 Å². The molecule has 0 radical (unpaired) electrons. The van der Waals surface area contributed by atoms with Crippen molar-refractivity contribution >= 4 is 21.8 Å². The van der Waals surface area contributed by atoms with E-state index in [0.717, 1.165) is 10.3 Å².